The maximum Gasteiger partial charge on any atom is 0.325 e. The number of benzene rings is 2. The lowest BCUT2D eigenvalue weighted by Gasteiger charge is -2.34. The monoisotopic (exact) mass is 387 g/mol. The van der Waals surface area contributed by atoms with Crippen LogP contribution in [-0.2, 0) is 4.79 Å². The first-order valence-electron chi connectivity index (χ1n) is 9.54. The summed E-state index contributed by atoms with van der Waals surface area (Å²) in [5, 5.41) is 2.43. The van der Waals surface area contributed by atoms with Gasteiger partial charge in [0.25, 0.3) is 5.91 Å². The van der Waals surface area contributed by atoms with Gasteiger partial charge in [-0.15, -0.1) is 0 Å². The number of nitrogens with one attached hydrogen (secondary N) is 1. The summed E-state index contributed by atoms with van der Waals surface area (Å²) < 4.78 is 0. The van der Waals surface area contributed by atoms with E-state index in [1.165, 1.54) is 10.5 Å². The van der Waals surface area contributed by atoms with Crippen LogP contribution in [0.15, 0.2) is 59.7 Å². The van der Waals surface area contributed by atoms with Crippen LogP contribution < -0.4 is 10.2 Å². The number of carbonyl (C=O) groups is 2. The van der Waals surface area contributed by atoms with Crippen LogP contribution >= 0.6 is 0 Å². The Bertz CT molecular complexity index is 1090. The maximum absolute atomic E-state index is 12.7. The summed E-state index contributed by atoms with van der Waals surface area (Å²) in [5.74, 6) is 0.325. The third kappa shape index (κ3) is 2.54. The highest BCUT2D eigenvalue weighted by Gasteiger charge is 2.52. The second kappa shape index (κ2) is 6.20. The highest BCUT2D eigenvalue weighted by Crippen LogP contribution is 2.40. The molecule has 3 aliphatic rings. The fraction of sp³-hybridized carbons (Fsp3) is 0.227. The van der Waals surface area contributed by atoms with E-state index in [0.29, 0.717) is 5.96 Å². The first-order chi connectivity index (χ1) is 14.0. The molecule has 146 valence electrons. The van der Waals surface area contributed by atoms with Crippen molar-refractivity contribution >= 4 is 29.3 Å². The second-order valence-electron chi connectivity index (χ2n) is 7.61. The van der Waals surface area contributed by atoms with Gasteiger partial charge in [0.05, 0.1) is 11.4 Å². The number of amides is 3. The Kier molecular flexibility index (Phi) is 3.74. The Morgan fingerprint density at radius 2 is 1.79 bits per heavy atom. The molecule has 7 nitrogen and oxygen atoms in total. The number of hydrogen-bond donors (Lipinski definition) is 1. The fourth-order valence-corrected chi connectivity index (χ4v) is 4.19. The standard InChI is InChI=1S/C22H21N5O2/c1-13-9-10-16(14(2)11-13)27-17(15-7-5-4-6-8-15)12-26-18-19(23-21(26)27)25(3)22(29)24-20(18)28/h4-12,18-19H,1-3H3,(H,24,28,29). The second-order valence-corrected chi connectivity index (χ2v) is 7.61. The van der Waals surface area contributed by atoms with Crippen molar-refractivity contribution in [2.75, 3.05) is 11.9 Å². The SMILES string of the molecule is Cc1ccc(N2C(c3ccccc3)=CN3C2=NC2C3C(=O)NC(=O)N2C)c(C)c1. The van der Waals surface area contributed by atoms with Gasteiger partial charge < -0.3 is 4.90 Å². The summed E-state index contributed by atoms with van der Waals surface area (Å²) in [5.41, 5.74) is 5.27. The minimum Gasteiger partial charge on any atom is -0.303 e. The molecule has 29 heavy (non-hydrogen) atoms. The molecule has 3 heterocycles. The molecule has 1 N–H and O–H groups in total. The van der Waals surface area contributed by atoms with Crippen molar-refractivity contribution in [3.05, 3.63) is 71.4 Å². The summed E-state index contributed by atoms with van der Waals surface area (Å²) in [6.07, 6.45) is 1.41. The average Bonchev–Trinajstić information content (AvgIpc) is 3.24. The van der Waals surface area contributed by atoms with Crippen molar-refractivity contribution in [2.45, 2.75) is 26.1 Å². The number of guanidine groups is 1. The molecule has 3 aliphatic heterocycles. The van der Waals surface area contributed by atoms with Gasteiger partial charge in [-0.25, -0.2) is 9.79 Å². The van der Waals surface area contributed by atoms with Gasteiger partial charge in [0, 0.05) is 18.8 Å². The molecule has 2 unspecified atom stereocenters. The normalized spacial score (nSPS) is 22.9. The Morgan fingerprint density at radius 1 is 1.03 bits per heavy atom. The number of likely N-dealkylation sites (N-methyl/N-ethyl adjacent to an activating group) is 1. The van der Waals surface area contributed by atoms with E-state index in [1.807, 2.05) is 41.4 Å². The predicted octanol–water partition coefficient (Wildman–Crippen LogP) is 2.67. The average molecular weight is 387 g/mol. The molecule has 0 aromatic heterocycles. The molecule has 2 aromatic rings. The zero-order valence-electron chi connectivity index (χ0n) is 16.5. The lowest BCUT2D eigenvalue weighted by atomic mass is 10.1. The van der Waals surface area contributed by atoms with Crippen molar-refractivity contribution in [3.8, 4) is 0 Å². The summed E-state index contributed by atoms with van der Waals surface area (Å²) in [4.78, 5) is 35.0. The summed E-state index contributed by atoms with van der Waals surface area (Å²) in [7, 11) is 1.66. The minimum atomic E-state index is -0.581. The number of anilines is 1. The Labute approximate surface area is 168 Å². The zero-order valence-corrected chi connectivity index (χ0v) is 16.5. The van der Waals surface area contributed by atoms with Crippen LogP contribution in [0, 0.1) is 13.8 Å². The van der Waals surface area contributed by atoms with Crippen LogP contribution in [0.4, 0.5) is 10.5 Å². The first-order valence-corrected chi connectivity index (χ1v) is 9.54. The van der Waals surface area contributed by atoms with Crippen LogP contribution in [0.2, 0.25) is 0 Å². The molecule has 1 saturated heterocycles. The Balaban J connectivity index is 1.67. The number of fused-ring (bicyclic) bond motifs is 3. The van der Waals surface area contributed by atoms with E-state index < -0.39 is 18.2 Å². The predicted molar refractivity (Wildman–Crippen MR) is 111 cm³/mol. The van der Waals surface area contributed by atoms with Gasteiger partial charge in [-0.1, -0.05) is 48.0 Å². The zero-order chi connectivity index (χ0) is 20.3. The molecule has 0 saturated carbocycles. The van der Waals surface area contributed by atoms with E-state index in [1.54, 1.807) is 7.05 Å². The Morgan fingerprint density at radius 3 is 2.52 bits per heavy atom. The van der Waals surface area contributed by atoms with Crippen molar-refractivity contribution in [3.63, 3.8) is 0 Å². The van der Waals surface area contributed by atoms with Crippen molar-refractivity contribution in [1.82, 2.24) is 15.1 Å². The molecule has 3 amide bonds. The molecule has 5 rings (SSSR count). The van der Waals surface area contributed by atoms with Crippen molar-refractivity contribution in [1.29, 1.82) is 0 Å². The van der Waals surface area contributed by atoms with Crippen LogP contribution in [0.1, 0.15) is 16.7 Å². The quantitative estimate of drug-likeness (QED) is 0.860. The molecule has 0 radical (unpaired) electrons. The Hall–Kier alpha value is -3.61. The van der Waals surface area contributed by atoms with Crippen LogP contribution in [-0.4, -0.2) is 47.0 Å². The van der Waals surface area contributed by atoms with Crippen molar-refractivity contribution < 1.29 is 9.59 Å². The van der Waals surface area contributed by atoms with Gasteiger partial charge >= 0.3 is 6.03 Å². The fourth-order valence-electron chi connectivity index (χ4n) is 4.19. The largest absolute Gasteiger partial charge is 0.325 e. The molecule has 0 aliphatic carbocycles. The molecule has 1 fully saturated rings. The smallest absolute Gasteiger partial charge is 0.303 e. The third-order valence-corrected chi connectivity index (χ3v) is 5.64. The molecule has 7 heteroatoms. The number of rotatable bonds is 2. The molecule has 2 atom stereocenters. The van der Waals surface area contributed by atoms with Gasteiger partial charge in [-0.05, 0) is 25.5 Å². The minimum absolute atomic E-state index is 0.331. The third-order valence-electron chi connectivity index (χ3n) is 5.64. The highest BCUT2D eigenvalue weighted by atomic mass is 16.2. The number of carbonyl (C=O) groups excluding carboxylic acids is 2. The van der Waals surface area contributed by atoms with Gasteiger partial charge in [-0.3, -0.25) is 19.9 Å². The summed E-state index contributed by atoms with van der Waals surface area (Å²) >= 11 is 0. The van der Waals surface area contributed by atoms with Crippen LogP contribution in [0.3, 0.4) is 0 Å². The molecular formula is C22H21N5O2. The number of aryl methyl sites for hydroxylation is 2. The van der Waals surface area contributed by atoms with Gasteiger partial charge in [0.1, 0.15) is 0 Å². The van der Waals surface area contributed by atoms with Gasteiger partial charge in [0.15, 0.2) is 12.2 Å². The summed E-state index contributed by atoms with van der Waals surface area (Å²) in [6.45, 7) is 4.13. The van der Waals surface area contributed by atoms with E-state index in [2.05, 4.69) is 42.3 Å². The molecule has 0 bridgehead atoms. The van der Waals surface area contributed by atoms with E-state index in [4.69, 9.17) is 4.99 Å². The van der Waals surface area contributed by atoms with E-state index in [0.717, 1.165) is 22.5 Å². The summed E-state index contributed by atoms with van der Waals surface area (Å²) in [6, 6.07) is 15.3. The lowest BCUT2D eigenvalue weighted by molar-refractivity contribution is -0.126. The van der Waals surface area contributed by atoms with E-state index >= 15 is 0 Å². The van der Waals surface area contributed by atoms with E-state index in [-0.39, 0.29) is 5.91 Å². The maximum atomic E-state index is 12.7. The number of aliphatic imine (C=N–C) groups is 1. The number of urea groups is 1. The van der Waals surface area contributed by atoms with Gasteiger partial charge in [-0.2, -0.15) is 0 Å². The number of imide groups is 1. The van der Waals surface area contributed by atoms with Gasteiger partial charge in [0.2, 0.25) is 5.96 Å². The number of nitrogens with zero attached hydrogens (tertiary/aromatic N) is 4. The topological polar surface area (TPSA) is 68.2 Å². The highest BCUT2D eigenvalue weighted by molar-refractivity contribution is 6.16. The van der Waals surface area contributed by atoms with Crippen LogP contribution in [0.25, 0.3) is 5.70 Å². The van der Waals surface area contributed by atoms with E-state index in [9.17, 15) is 9.59 Å². The number of hydrogen-bond acceptors (Lipinski definition) is 5. The molecule has 0 spiro atoms. The lowest BCUT2D eigenvalue weighted by Crippen LogP contribution is -2.62. The first kappa shape index (κ1) is 17.5. The van der Waals surface area contributed by atoms with Crippen LogP contribution in [0.5, 0.6) is 0 Å². The molecule has 2 aromatic carbocycles. The molecular weight excluding hydrogens is 366 g/mol. The van der Waals surface area contributed by atoms with Crippen molar-refractivity contribution in [2.24, 2.45) is 4.99 Å².